The van der Waals surface area contributed by atoms with Gasteiger partial charge >= 0.3 is 0 Å². The summed E-state index contributed by atoms with van der Waals surface area (Å²) in [6.45, 7) is 1.48. The number of amides is 1. The van der Waals surface area contributed by atoms with Crippen LogP contribution in [0.1, 0.15) is 49.0 Å². The molecule has 150 valence electrons. The van der Waals surface area contributed by atoms with E-state index in [0.29, 0.717) is 0 Å². The van der Waals surface area contributed by atoms with E-state index in [4.69, 9.17) is 0 Å². The van der Waals surface area contributed by atoms with Crippen molar-refractivity contribution in [3.05, 3.63) is 65.7 Å². The van der Waals surface area contributed by atoms with E-state index in [0.717, 1.165) is 55.6 Å². The van der Waals surface area contributed by atoms with E-state index in [1.165, 1.54) is 17.7 Å². The van der Waals surface area contributed by atoms with E-state index in [-0.39, 0.29) is 29.7 Å². The van der Waals surface area contributed by atoms with E-state index in [1.807, 2.05) is 23.1 Å². The smallest absolute Gasteiger partial charge is 0.239 e. The number of hydrogen-bond donors (Lipinski definition) is 2. The standard InChI is InChI=1S/C23H25FN4O/c24-17-6-7-19-21(14-17)27-22(26-19)16-10-12-28(13-11-16)23(29)20-9-8-18(25-20)15-4-2-1-3-5-15/h1-7,14,16,18,20,25H,8-13H2,(H,26,27)/t18-,20-/m1/s1. The summed E-state index contributed by atoms with van der Waals surface area (Å²) in [6, 6.07) is 15.1. The molecule has 6 heteroatoms. The molecule has 2 aromatic carbocycles. The normalized spacial score (nSPS) is 23.0. The minimum Gasteiger partial charge on any atom is -0.342 e. The van der Waals surface area contributed by atoms with Crippen molar-refractivity contribution in [3.63, 3.8) is 0 Å². The monoisotopic (exact) mass is 392 g/mol. The largest absolute Gasteiger partial charge is 0.342 e. The topological polar surface area (TPSA) is 61.0 Å². The molecule has 2 fully saturated rings. The van der Waals surface area contributed by atoms with Gasteiger partial charge in [0, 0.05) is 25.0 Å². The fourth-order valence-corrected chi connectivity index (χ4v) is 4.67. The number of benzene rings is 2. The Hall–Kier alpha value is -2.73. The fourth-order valence-electron chi connectivity index (χ4n) is 4.67. The Morgan fingerprint density at radius 2 is 1.83 bits per heavy atom. The summed E-state index contributed by atoms with van der Waals surface area (Å²) in [5.74, 6) is 1.14. The molecular formula is C23H25FN4O. The zero-order valence-corrected chi connectivity index (χ0v) is 16.3. The third kappa shape index (κ3) is 3.65. The van der Waals surface area contributed by atoms with Crippen LogP contribution < -0.4 is 5.32 Å². The van der Waals surface area contributed by atoms with E-state index in [1.54, 1.807) is 6.07 Å². The fraction of sp³-hybridized carbons (Fsp3) is 0.391. The number of aromatic amines is 1. The maximum atomic E-state index is 13.4. The molecule has 3 heterocycles. The lowest BCUT2D eigenvalue weighted by Crippen LogP contribution is -2.47. The van der Waals surface area contributed by atoms with Crippen molar-refractivity contribution in [2.45, 2.75) is 43.7 Å². The zero-order chi connectivity index (χ0) is 19.8. The van der Waals surface area contributed by atoms with Crippen molar-refractivity contribution in [2.24, 2.45) is 0 Å². The summed E-state index contributed by atoms with van der Waals surface area (Å²) in [5, 5.41) is 3.52. The highest BCUT2D eigenvalue weighted by Gasteiger charge is 2.34. The van der Waals surface area contributed by atoms with Gasteiger partial charge in [0.15, 0.2) is 0 Å². The molecule has 0 unspecified atom stereocenters. The maximum Gasteiger partial charge on any atom is 0.239 e. The summed E-state index contributed by atoms with van der Waals surface area (Å²) in [5.41, 5.74) is 2.78. The minimum atomic E-state index is -0.258. The van der Waals surface area contributed by atoms with E-state index >= 15 is 0 Å². The lowest BCUT2D eigenvalue weighted by Gasteiger charge is -2.33. The van der Waals surface area contributed by atoms with Gasteiger partial charge in [-0.3, -0.25) is 10.1 Å². The highest BCUT2D eigenvalue weighted by Crippen LogP contribution is 2.31. The summed E-state index contributed by atoms with van der Waals surface area (Å²) in [7, 11) is 0. The lowest BCUT2D eigenvalue weighted by molar-refractivity contribution is -0.134. The van der Waals surface area contributed by atoms with Crippen LogP contribution in [0, 0.1) is 5.82 Å². The predicted octanol–water partition coefficient (Wildman–Crippen LogP) is 3.90. The number of piperidine rings is 1. The minimum absolute atomic E-state index is 0.0917. The number of H-pyrrole nitrogens is 1. The molecule has 1 aromatic heterocycles. The molecule has 2 saturated heterocycles. The Kier molecular flexibility index (Phi) is 4.79. The van der Waals surface area contributed by atoms with Gasteiger partial charge in [-0.15, -0.1) is 0 Å². The quantitative estimate of drug-likeness (QED) is 0.711. The first-order chi connectivity index (χ1) is 14.2. The summed E-state index contributed by atoms with van der Waals surface area (Å²) in [6.07, 6.45) is 3.63. The molecular weight excluding hydrogens is 367 g/mol. The first-order valence-corrected chi connectivity index (χ1v) is 10.4. The number of aromatic nitrogens is 2. The third-order valence-electron chi connectivity index (χ3n) is 6.30. The number of carbonyl (C=O) groups excluding carboxylic acids is 1. The second kappa shape index (κ2) is 7.59. The second-order valence-electron chi connectivity index (χ2n) is 8.14. The molecule has 1 amide bonds. The highest BCUT2D eigenvalue weighted by molar-refractivity contribution is 5.82. The highest BCUT2D eigenvalue weighted by atomic mass is 19.1. The summed E-state index contributed by atoms with van der Waals surface area (Å²) < 4.78 is 13.4. The molecule has 5 nitrogen and oxygen atoms in total. The van der Waals surface area contributed by atoms with Gasteiger partial charge in [-0.2, -0.15) is 0 Å². The number of imidazole rings is 1. The number of nitrogens with zero attached hydrogens (tertiary/aromatic N) is 2. The van der Waals surface area contributed by atoms with Crippen LogP contribution >= 0.6 is 0 Å². The van der Waals surface area contributed by atoms with Crippen LogP contribution in [-0.4, -0.2) is 39.9 Å². The van der Waals surface area contributed by atoms with Crippen molar-refractivity contribution in [3.8, 4) is 0 Å². The Bertz CT molecular complexity index is 1010. The molecule has 0 radical (unpaired) electrons. The van der Waals surface area contributed by atoms with Gasteiger partial charge in [0.25, 0.3) is 0 Å². The molecule has 2 aliphatic heterocycles. The first kappa shape index (κ1) is 18.3. The summed E-state index contributed by atoms with van der Waals surface area (Å²) in [4.78, 5) is 22.9. The predicted molar refractivity (Wildman–Crippen MR) is 110 cm³/mol. The molecule has 5 rings (SSSR count). The van der Waals surface area contributed by atoms with Crippen molar-refractivity contribution < 1.29 is 9.18 Å². The van der Waals surface area contributed by atoms with Crippen LogP contribution in [0.4, 0.5) is 4.39 Å². The van der Waals surface area contributed by atoms with Gasteiger partial charge in [-0.1, -0.05) is 30.3 Å². The van der Waals surface area contributed by atoms with Crippen LogP contribution in [0.2, 0.25) is 0 Å². The number of halogens is 1. The molecule has 3 aromatic rings. The van der Waals surface area contributed by atoms with E-state index < -0.39 is 0 Å². The number of hydrogen-bond acceptors (Lipinski definition) is 3. The van der Waals surface area contributed by atoms with E-state index in [2.05, 4.69) is 27.4 Å². The van der Waals surface area contributed by atoms with Crippen molar-refractivity contribution in [1.29, 1.82) is 0 Å². The van der Waals surface area contributed by atoms with Gasteiger partial charge < -0.3 is 9.88 Å². The van der Waals surface area contributed by atoms with E-state index in [9.17, 15) is 9.18 Å². The third-order valence-corrected chi connectivity index (χ3v) is 6.30. The van der Waals surface area contributed by atoms with Crippen LogP contribution in [0.5, 0.6) is 0 Å². The van der Waals surface area contributed by atoms with Gasteiger partial charge in [0.1, 0.15) is 11.6 Å². The summed E-state index contributed by atoms with van der Waals surface area (Å²) >= 11 is 0. The van der Waals surface area contributed by atoms with Crippen LogP contribution in [0.3, 0.4) is 0 Å². The van der Waals surface area contributed by atoms with Gasteiger partial charge in [0.05, 0.1) is 17.1 Å². The number of fused-ring (bicyclic) bond motifs is 1. The molecule has 0 bridgehead atoms. The Morgan fingerprint density at radius 3 is 2.62 bits per heavy atom. The Labute approximate surface area is 169 Å². The zero-order valence-electron chi connectivity index (χ0n) is 16.3. The molecule has 2 aliphatic rings. The van der Waals surface area contributed by atoms with Crippen molar-refractivity contribution >= 4 is 16.9 Å². The molecule has 0 spiro atoms. The maximum absolute atomic E-state index is 13.4. The average Bonchev–Trinajstić information content (AvgIpc) is 3.41. The van der Waals surface area contributed by atoms with Crippen molar-refractivity contribution in [2.75, 3.05) is 13.1 Å². The second-order valence-corrected chi connectivity index (χ2v) is 8.14. The molecule has 0 saturated carbocycles. The molecule has 2 N–H and O–H groups in total. The van der Waals surface area contributed by atoms with Gasteiger partial charge in [-0.05, 0) is 49.4 Å². The van der Waals surface area contributed by atoms with Crippen molar-refractivity contribution in [1.82, 2.24) is 20.2 Å². The first-order valence-electron chi connectivity index (χ1n) is 10.4. The van der Waals surface area contributed by atoms with Crippen LogP contribution in [-0.2, 0) is 4.79 Å². The molecule has 29 heavy (non-hydrogen) atoms. The SMILES string of the molecule is O=C([C@H]1CC[C@H](c2ccccc2)N1)N1CCC(c2nc3ccc(F)cc3[nH]2)CC1. The van der Waals surface area contributed by atoms with Gasteiger partial charge in [0.2, 0.25) is 5.91 Å². The number of nitrogens with one attached hydrogen (secondary N) is 2. The molecule has 2 atom stereocenters. The molecule has 0 aliphatic carbocycles. The van der Waals surface area contributed by atoms with Crippen LogP contribution in [0.15, 0.2) is 48.5 Å². The Balaban J connectivity index is 1.19. The van der Waals surface area contributed by atoms with Gasteiger partial charge in [-0.25, -0.2) is 9.37 Å². The number of rotatable bonds is 3. The number of likely N-dealkylation sites (tertiary alicyclic amines) is 1. The average molecular weight is 392 g/mol. The van der Waals surface area contributed by atoms with Crippen LogP contribution in [0.25, 0.3) is 11.0 Å². The number of carbonyl (C=O) groups is 1. The Morgan fingerprint density at radius 1 is 1.03 bits per heavy atom. The lowest BCUT2D eigenvalue weighted by atomic mass is 9.95.